The van der Waals surface area contributed by atoms with Crippen molar-refractivity contribution in [2.45, 2.75) is 19.4 Å². The summed E-state index contributed by atoms with van der Waals surface area (Å²) in [7, 11) is 5.73. The first-order valence-corrected chi connectivity index (χ1v) is 8.19. The average Bonchev–Trinajstić information content (AvgIpc) is 2.56. The fraction of sp³-hybridized carbons (Fsp3) is 0.611. The molecule has 1 aromatic rings. The number of likely N-dealkylation sites (N-methyl/N-ethyl adjacent to an activating group) is 1. The van der Waals surface area contributed by atoms with Gasteiger partial charge in [0.1, 0.15) is 6.61 Å². The Bertz CT molecular complexity index is 540. The lowest BCUT2D eigenvalue weighted by atomic mass is 9.99. The Balaban J connectivity index is 2.09. The van der Waals surface area contributed by atoms with Crippen LogP contribution >= 0.6 is 0 Å². The van der Waals surface area contributed by atoms with E-state index in [1.807, 2.05) is 26.2 Å². The van der Waals surface area contributed by atoms with Crippen LogP contribution in [-0.4, -0.2) is 57.2 Å². The van der Waals surface area contributed by atoms with Gasteiger partial charge in [-0.15, -0.1) is 0 Å². The van der Waals surface area contributed by atoms with Gasteiger partial charge in [-0.05, 0) is 39.5 Å². The minimum absolute atomic E-state index is 0.146. The fourth-order valence-electron chi connectivity index (χ4n) is 2.89. The summed E-state index contributed by atoms with van der Waals surface area (Å²) in [6, 6.07) is 8.42. The standard InChI is InChI=1S/C18H27N3O2/c1-20(2)10-11-23-18-16(7-4-8-17(18)22-3)14-21-9-5-6-15(12-19)13-21/h4,7-8,15H,5-6,9-11,13-14H2,1-3H3. The van der Waals surface area contributed by atoms with Crippen molar-refractivity contribution >= 4 is 0 Å². The summed E-state index contributed by atoms with van der Waals surface area (Å²) in [5.41, 5.74) is 1.13. The fourth-order valence-corrected chi connectivity index (χ4v) is 2.89. The van der Waals surface area contributed by atoms with Crippen LogP contribution in [0.25, 0.3) is 0 Å². The van der Waals surface area contributed by atoms with Gasteiger partial charge in [0.05, 0.1) is 19.1 Å². The van der Waals surface area contributed by atoms with Crippen molar-refractivity contribution in [2.75, 3.05) is 47.4 Å². The number of piperidine rings is 1. The first-order valence-electron chi connectivity index (χ1n) is 8.19. The summed E-state index contributed by atoms with van der Waals surface area (Å²) in [5.74, 6) is 1.75. The average molecular weight is 317 g/mol. The summed E-state index contributed by atoms with van der Waals surface area (Å²) in [6.07, 6.45) is 2.09. The Hall–Kier alpha value is -1.77. The lowest BCUT2D eigenvalue weighted by Crippen LogP contribution is -2.34. The van der Waals surface area contributed by atoms with Gasteiger partial charge in [-0.2, -0.15) is 5.26 Å². The molecule has 0 bridgehead atoms. The van der Waals surface area contributed by atoms with Crippen LogP contribution in [0.2, 0.25) is 0 Å². The van der Waals surface area contributed by atoms with E-state index in [4.69, 9.17) is 14.7 Å². The van der Waals surface area contributed by atoms with Crippen molar-refractivity contribution in [3.05, 3.63) is 23.8 Å². The molecule has 1 aromatic carbocycles. The Morgan fingerprint density at radius 1 is 1.39 bits per heavy atom. The summed E-state index contributed by atoms with van der Waals surface area (Å²) >= 11 is 0. The van der Waals surface area contributed by atoms with Gasteiger partial charge in [-0.25, -0.2) is 0 Å². The lowest BCUT2D eigenvalue weighted by Gasteiger charge is -2.30. The van der Waals surface area contributed by atoms with Gasteiger partial charge in [0.15, 0.2) is 11.5 Å². The number of nitrogens with zero attached hydrogens (tertiary/aromatic N) is 3. The molecule has 1 aliphatic rings. The number of rotatable bonds is 7. The minimum Gasteiger partial charge on any atom is -0.493 e. The van der Waals surface area contributed by atoms with Crippen LogP contribution < -0.4 is 9.47 Å². The molecule has 5 nitrogen and oxygen atoms in total. The zero-order chi connectivity index (χ0) is 16.7. The zero-order valence-corrected chi connectivity index (χ0v) is 14.4. The molecule has 0 amide bonds. The molecule has 1 heterocycles. The summed E-state index contributed by atoms with van der Waals surface area (Å²) in [4.78, 5) is 4.43. The van der Waals surface area contributed by atoms with Gasteiger partial charge in [-0.3, -0.25) is 4.90 Å². The number of likely N-dealkylation sites (tertiary alicyclic amines) is 1. The first kappa shape index (κ1) is 17.6. The van der Waals surface area contributed by atoms with Gasteiger partial charge < -0.3 is 14.4 Å². The second kappa shape index (κ2) is 8.76. The van der Waals surface area contributed by atoms with Crippen LogP contribution in [0.1, 0.15) is 18.4 Å². The smallest absolute Gasteiger partial charge is 0.165 e. The molecule has 0 aliphatic carbocycles. The van der Waals surface area contributed by atoms with Gasteiger partial charge in [0, 0.05) is 25.2 Å². The normalized spacial score (nSPS) is 18.7. The SMILES string of the molecule is COc1cccc(CN2CCCC(C#N)C2)c1OCCN(C)C. The quantitative estimate of drug-likeness (QED) is 0.773. The molecule has 0 N–H and O–H groups in total. The third kappa shape index (κ3) is 5.12. The Morgan fingerprint density at radius 2 is 2.22 bits per heavy atom. The van der Waals surface area contributed by atoms with Crippen molar-refractivity contribution in [2.24, 2.45) is 5.92 Å². The topological polar surface area (TPSA) is 48.7 Å². The number of hydrogen-bond acceptors (Lipinski definition) is 5. The number of benzene rings is 1. The van der Waals surface area contributed by atoms with Gasteiger partial charge in [-0.1, -0.05) is 12.1 Å². The van der Waals surface area contributed by atoms with E-state index < -0.39 is 0 Å². The third-order valence-corrected chi connectivity index (χ3v) is 4.15. The highest BCUT2D eigenvalue weighted by atomic mass is 16.5. The van der Waals surface area contributed by atoms with Crippen molar-refractivity contribution in [3.8, 4) is 17.6 Å². The van der Waals surface area contributed by atoms with Crippen LogP contribution in [0.3, 0.4) is 0 Å². The highest BCUT2D eigenvalue weighted by Crippen LogP contribution is 2.32. The van der Waals surface area contributed by atoms with E-state index in [0.717, 1.165) is 56.1 Å². The molecule has 1 atom stereocenters. The van der Waals surface area contributed by atoms with E-state index in [1.165, 1.54) is 0 Å². The zero-order valence-electron chi connectivity index (χ0n) is 14.4. The number of ether oxygens (including phenoxy) is 2. The van der Waals surface area contributed by atoms with E-state index in [-0.39, 0.29) is 5.92 Å². The summed E-state index contributed by atoms with van der Waals surface area (Å²) < 4.78 is 11.5. The first-order chi connectivity index (χ1) is 11.1. The monoisotopic (exact) mass is 317 g/mol. The van der Waals surface area contributed by atoms with Crippen LogP contribution in [0.4, 0.5) is 0 Å². The van der Waals surface area contributed by atoms with Crippen molar-refractivity contribution < 1.29 is 9.47 Å². The number of methoxy groups -OCH3 is 1. The molecule has 0 spiro atoms. The maximum Gasteiger partial charge on any atom is 0.165 e. The molecular weight excluding hydrogens is 290 g/mol. The highest BCUT2D eigenvalue weighted by molar-refractivity contribution is 5.46. The molecule has 23 heavy (non-hydrogen) atoms. The molecule has 5 heteroatoms. The van der Waals surface area contributed by atoms with Crippen LogP contribution in [-0.2, 0) is 6.54 Å². The van der Waals surface area contributed by atoms with Gasteiger partial charge >= 0.3 is 0 Å². The third-order valence-electron chi connectivity index (χ3n) is 4.15. The Morgan fingerprint density at radius 3 is 2.91 bits per heavy atom. The summed E-state index contributed by atoms with van der Waals surface area (Å²) in [5, 5.41) is 9.15. The predicted octanol–water partition coefficient (Wildman–Crippen LogP) is 2.37. The largest absolute Gasteiger partial charge is 0.493 e. The predicted molar refractivity (Wildman–Crippen MR) is 90.7 cm³/mol. The number of para-hydroxylation sites is 1. The van der Waals surface area contributed by atoms with E-state index >= 15 is 0 Å². The lowest BCUT2D eigenvalue weighted by molar-refractivity contribution is 0.186. The molecule has 126 valence electrons. The molecule has 1 fully saturated rings. The van der Waals surface area contributed by atoms with Crippen molar-refractivity contribution in [1.29, 1.82) is 5.26 Å². The van der Waals surface area contributed by atoms with Crippen molar-refractivity contribution in [1.82, 2.24) is 9.80 Å². The van der Waals surface area contributed by atoms with Crippen LogP contribution in [0, 0.1) is 17.2 Å². The molecule has 1 unspecified atom stereocenters. The Kier molecular flexibility index (Phi) is 6.69. The minimum atomic E-state index is 0.146. The van der Waals surface area contributed by atoms with Gasteiger partial charge in [0.2, 0.25) is 0 Å². The molecule has 0 saturated carbocycles. The maximum atomic E-state index is 9.15. The number of hydrogen-bond donors (Lipinski definition) is 0. The molecule has 1 aliphatic heterocycles. The van der Waals surface area contributed by atoms with Crippen molar-refractivity contribution in [3.63, 3.8) is 0 Å². The second-order valence-corrected chi connectivity index (χ2v) is 6.30. The second-order valence-electron chi connectivity index (χ2n) is 6.30. The van der Waals surface area contributed by atoms with E-state index in [1.54, 1.807) is 7.11 Å². The molecule has 1 saturated heterocycles. The number of nitriles is 1. The molecular formula is C18H27N3O2. The highest BCUT2D eigenvalue weighted by Gasteiger charge is 2.21. The molecule has 2 rings (SSSR count). The Labute approximate surface area is 139 Å². The van der Waals surface area contributed by atoms with Crippen LogP contribution in [0.15, 0.2) is 18.2 Å². The van der Waals surface area contributed by atoms with E-state index in [2.05, 4.69) is 21.9 Å². The van der Waals surface area contributed by atoms with Gasteiger partial charge in [0.25, 0.3) is 0 Å². The summed E-state index contributed by atoms with van der Waals surface area (Å²) in [6.45, 7) is 4.16. The molecule has 0 aromatic heterocycles. The van der Waals surface area contributed by atoms with E-state index in [0.29, 0.717) is 6.61 Å². The van der Waals surface area contributed by atoms with Crippen LogP contribution in [0.5, 0.6) is 11.5 Å². The van der Waals surface area contributed by atoms with E-state index in [9.17, 15) is 0 Å². The maximum absolute atomic E-state index is 9.15. The molecule has 0 radical (unpaired) electrons.